The van der Waals surface area contributed by atoms with Crippen molar-refractivity contribution in [3.63, 3.8) is 0 Å². The summed E-state index contributed by atoms with van der Waals surface area (Å²) in [5, 5.41) is 16.2. The first kappa shape index (κ1) is 44.2. The molecule has 0 aliphatic carbocycles. The molecule has 15 heteroatoms. The van der Waals surface area contributed by atoms with Gasteiger partial charge in [-0.25, -0.2) is 4.79 Å². The van der Waals surface area contributed by atoms with Crippen LogP contribution in [0.3, 0.4) is 0 Å². The summed E-state index contributed by atoms with van der Waals surface area (Å²) in [5.74, 6) is -1.51. The van der Waals surface area contributed by atoms with E-state index in [2.05, 4.69) is 19.0 Å². The van der Waals surface area contributed by atoms with Gasteiger partial charge < -0.3 is 48.0 Å². The number of oxime groups is 1. The van der Waals surface area contributed by atoms with Crippen LogP contribution in [0.15, 0.2) is 40.5 Å². The number of nitrogens with zero attached hydrogens (tertiary/aromatic N) is 4. The number of aliphatic imine (C=N–C) groups is 1. The van der Waals surface area contributed by atoms with Crippen molar-refractivity contribution in [3.05, 3.63) is 30.3 Å². The maximum absolute atomic E-state index is 14.5. The highest BCUT2D eigenvalue weighted by atomic mass is 16.7. The molecule has 0 radical (unpaired) electrons. The zero-order valence-corrected chi connectivity index (χ0v) is 36.0. The summed E-state index contributed by atoms with van der Waals surface area (Å²) in [6.07, 6.45) is -3.41. The minimum Gasteiger partial charge on any atom is -0.490 e. The maximum Gasteiger partial charge on any atom is 0.410 e. The number of cyclic esters (lactones) is 1. The minimum absolute atomic E-state index is 0.000124. The molecule has 4 saturated heterocycles. The normalized spacial score (nSPS) is 40.7. The van der Waals surface area contributed by atoms with Crippen LogP contribution in [0.1, 0.15) is 74.7 Å². The van der Waals surface area contributed by atoms with Gasteiger partial charge in [0.25, 0.3) is 0 Å². The molecular formula is C43H66N4O11. The molecule has 5 aliphatic rings. The molecule has 0 saturated carbocycles. The molecule has 0 unspecified atom stereocenters. The number of benzene rings is 1. The number of likely N-dealkylation sites (N-methyl/N-ethyl adjacent to an activating group) is 1. The second kappa shape index (κ2) is 18.5. The van der Waals surface area contributed by atoms with Gasteiger partial charge in [-0.15, -0.1) is 0 Å². The zero-order chi connectivity index (χ0) is 41.9. The molecule has 14 atom stereocenters. The number of ether oxygens (including phenoxy) is 7. The van der Waals surface area contributed by atoms with Crippen LogP contribution >= 0.6 is 0 Å². The van der Waals surface area contributed by atoms with Crippen molar-refractivity contribution in [1.29, 1.82) is 0 Å². The van der Waals surface area contributed by atoms with Crippen molar-refractivity contribution >= 4 is 23.5 Å². The van der Waals surface area contributed by atoms with E-state index in [4.69, 9.17) is 43.0 Å². The van der Waals surface area contributed by atoms with Crippen molar-refractivity contribution in [1.82, 2.24) is 9.80 Å². The fraction of sp³-hybridized carbons (Fsp3) is 0.767. The number of carbonyl (C=O) groups excluding carboxylic acids is 2. The summed E-state index contributed by atoms with van der Waals surface area (Å²) >= 11 is 0. The van der Waals surface area contributed by atoms with Crippen LogP contribution in [0.4, 0.5) is 4.79 Å². The highest BCUT2D eigenvalue weighted by Crippen LogP contribution is 2.45. The quantitative estimate of drug-likeness (QED) is 0.208. The smallest absolute Gasteiger partial charge is 0.410 e. The standard InChI is InChI=1S/C43H66N4O11/c1-11-33-43(8)37-27(4)34(44-17-18-47(37)41(50)58-43)25(2)22-42(7)38(57-40-35(48)32(46(9)10)21-26(3)55-40)28(5)36(29(6)39(49)56-33)52-23-30(24-53-42)45-54-20-19-51-31-15-13-12-14-16-31/h12-16,25-29,32-33,35-38,40,48H,11,17-24H2,1-10H3/t25-,26+,27+,28+,29+,32-,33-,35+,36+,37-,38-,40-,42-,43-/m1/s1. The average molecular weight is 815 g/mol. The first-order chi connectivity index (χ1) is 27.6. The maximum atomic E-state index is 14.5. The van der Waals surface area contributed by atoms with E-state index in [9.17, 15) is 14.7 Å². The highest BCUT2D eigenvalue weighted by Gasteiger charge is 2.60. The Morgan fingerprint density at radius 1 is 1.03 bits per heavy atom. The molecule has 4 fully saturated rings. The summed E-state index contributed by atoms with van der Waals surface area (Å²) in [6.45, 7) is 17.0. The number of carbonyl (C=O) groups is 2. The fourth-order valence-electron chi connectivity index (χ4n) is 10.1. The summed E-state index contributed by atoms with van der Waals surface area (Å²) < 4.78 is 45.5. The van der Waals surface area contributed by atoms with Crippen LogP contribution in [-0.4, -0.2) is 152 Å². The average Bonchev–Trinajstić information content (AvgIpc) is 3.33. The van der Waals surface area contributed by atoms with Crippen molar-refractivity contribution in [2.45, 2.75) is 135 Å². The minimum atomic E-state index is -1.13. The number of esters is 1. The van der Waals surface area contributed by atoms with E-state index < -0.39 is 71.8 Å². The predicted molar refractivity (Wildman–Crippen MR) is 216 cm³/mol. The number of fused-ring (bicyclic) bond motifs is 4. The number of para-hydroxylation sites is 1. The molecule has 58 heavy (non-hydrogen) atoms. The largest absolute Gasteiger partial charge is 0.490 e. The molecule has 1 amide bonds. The Morgan fingerprint density at radius 2 is 1.78 bits per heavy atom. The summed E-state index contributed by atoms with van der Waals surface area (Å²) in [7, 11) is 3.87. The fourth-order valence-corrected chi connectivity index (χ4v) is 10.1. The van der Waals surface area contributed by atoms with Gasteiger partial charge in [-0.05, 0) is 79.1 Å². The number of amides is 1. The number of aliphatic hydroxyl groups excluding tert-OH is 1. The molecule has 6 rings (SSSR count). The Morgan fingerprint density at radius 3 is 2.48 bits per heavy atom. The van der Waals surface area contributed by atoms with E-state index in [1.54, 1.807) is 11.8 Å². The van der Waals surface area contributed by atoms with E-state index in [0.717, 1.165) is 11.5 Å². The van der Waals surface area contributed by atoms with E-state index in [1.807, 2.05) is 83.9 Å². The molecule has 5 heterocycles. The molecule has 4 bridgehead atoms. The lowest BCUT2D eigenvalue weighted by Crippen LogP contribution is -2.60. The van der Waals surface area contributed by atoms with Crippen molar-refractivity contribution in [2.24, 2.45) is 33.8 Å². The molecular weight excluding hydrogens is 748 g/mol. The number of hydrogen-bond acceptors (Lipinski definition) is 14. The van der Waals surface area contributed by atoms with Crippen LogP contribution in [0.2, 0.25) is 0 Å². The van der Waals surface area contributed by atoms with Gasteiger partial charge in [0.1, 0.15) is 30.3 Å². The van der Waals surface area contributed by atoms with E-state index >= 15 is 0 Å². The Kier molecular flexibility index (Phi) is 14.1. The predicted octanol–water partition coefficient (Wildman–Crippen LogP) is 4.73. The number of hydrogen-bond donors (Lipinski definition) is 1. The third kappa shape index (κ3) is 9.19. The van der Waals surface area contributed by atoms with Gasteiger partial charge in [-0.1, -0.05) is 51.0 Å². The summed E-state index contributed by atoms with van der Waals surface area (Å²) in [6, 6.07) is 8.83. The zero-order valence-electron chi connectivity index (χ0n) is 36.0. The van der Waals surface area contributed by atoms with E-state index in [-0.39, 0.29) is 50.4 Å². The van der Waals surface area contributed by atoms with Crippen molar-refractivity contribution in [2.75, 3.05) is 53.6 Å². The monoisotopic (exact) mass is 814 g/mol. The molecule has 1 aromatic carbocycles. The van der Waals surface area contributed by atoms with Crippen LogP contribution in [0.25, 0.3) is 0 Å². The molecule has 0 aromatic heterocycles. The topological polar surface area (TPSA) is 159 Å². The molecule has 5 aliphatic heterocycles. The number of rotatable bonds is 9. The van der Waals surface area contributed by atoms with Gasteiger partial charge >= 0.3 is 12.1 Å². The van der Waals surface area contributed by atoms with Gasteiger partial charge in [-0.3, -0.25) is 14.7 Å². The van der Waals surface area contributed by atoms with Crippen LogP contribution in [0, 0.1) is 23.7 Å². The Balaban J connectivity index is 1.40. The Bertz CT molecular complexity index is 1630. The van der Waals surface area contributed by atoms with Gasteiger partial charge in [-0.2, -0.15) is 0 Å². The second-order valence-corrected chi connectivity index (χ2v) is 17.5. The van der Waals surface area contributed by atoms with Gasteiger partial charge in [0.2, 0.25) is 0 Å². The second-order valence-electron chi connectivity index (χ2n) is 17.5. The van der Waals surface area contributed by atoms with Gasteiger partial charge in [0.15, 0.2) is 18.5 Å². The van der Waals surface area contributed by atoms with Crippen LogP contribution in [0.5, 0.6) is 5.75 Å². The molecule has 0 spiro atoms. The number of aliphatic hydroxyl groups is 1. The molecule has 324 valence electrons. The summed E-state index contributed by atoms with van der Waals surface area (Å²) in [5.41, 5.74) is -0.823. The van der Waals surface area contributed by atoms with Crippen molar-refractivity contribution in [3.8, 4) is 5.75 Å². The third-order valence-electron chi connectivity index (χ3n) is 12.9. The van der Waals surface area contributed by atoms with Gasteiger partial charge in [0, 0.05) is 30.1 Å². The first-order valence-corrected chi connectivity index (χ1v) is 21.1. The SMILES string of the molecule is CC[C@H]1OC(=O)[C@@H](C)[C@H]2OCC(=NOCCOc3ccccc3)CO[C@](C)(C[C@@H](C)C3=NCCN4C(=O)O[C@@]1(C)[C@H]4[C@H]3C)[C@H](O[C@H]1O[C@@H](C)C[C@@H](N(C)C)[C@@H]1O)[C@H]2C. The lowest BCUT2D eigenvalue weighted by atomic mass is 9.72. The van der Waals surface area contributed by atoms with Crippen molar-refractivity contribution < 1.29 is 52.7 Å². The van der Waals surface area contributed by atoms with Crippen LogP contribution in [-0.2, 0) is 38.1 Å². The Hall–Kier alpha value is -3.34. The summed E-state index contributed by atoms with van der Waals surface area (Å²) in [4.78, 5) is 42.6. The highest BCUT2D eigenvalue weighted by molar-refractivity contribution is 5.91. The van der Waals surface area contributed by atoms with E-state index in [1.165, 1.54) is 0 Å². The Labute approximate surface area is 343 Å². The molecule has 1 N–H and O–H groups in total. The molecule has 1 aromatic rings. The third-order valence-corrected chi connectivity index (χ3v) is 12.9. The first-order valence-electron chi connectivity index (χ1n) is 21.1. The lowest BCUT2D eigenvalue weighted by Gasteiger charge is -2.48. The van der Waals surface area contributed by atoms with Crippen LogP contribution < -0.4 is 4.74 Å². The lowest BCUT2D eigenvalue weighted by molar-refractivity contribution is -0.302. The molecule has 15 nitrogen and oxygen atoms in total. The van der Waals surface area contributed by atoms with Gasteiger partial charge in [0.05, 0.1) is 55.6 Å². The van der Waals surface area contributed by atoms with E-state index in [0.29, 0.717) is 38.1 Å².